The molecule has 0 aliphatic carbocycles. The fraction of sp³-hybridized carbons (Fsp3) is 0.500. The molecule has 5 atom stereocenters. The number of benzene rings is 1. The third-order valence-corrected chi connectivity index (χ3v) is 3.65. The van der Waals surface area contributed by atoms with Crippen molar-refractivity contribution in [2.24, 2.45) is 0 Å². The second kappa shape index (κ2) is 6.79. The Bertz CT molecular complexity index is 628. The molecule has 1 heterocycles. The lowest BCUT2D eigenvalue weighted by Crippen LogP contribution is -2.60. The number of phenolic OH excluding ortho intramolecular Hbond substituents is 3. The van der Waals surface area contributed by atoms with E-state index in [2.05, 4.69) is 0 Å². The number of hydrogen-bond acceptors (Lipinski definition) is 10. The van der Waals surface area contributed by atoms with Gasteiger partial charge in [-0.15, -0.1) is 0 Å². The number of carbonyl (C=O) groups is 1. The molecule has 0 bridgehead atoms. The monoisotopic (exact) mass is 346 g/mol. The Kier molecular flexibility index (Phi) is 5.16. The highest BCUT2D eigenvalue weighted by molar-refractivity contribution is 6.00. The highest BCUT2D eigenvalue weighted by Crippen LogP contribution is 2.44. The Labute approximate surface area is 135 Å². The van der Waals surface area contributed by atoms with Crippen molar-refractivity contribution in [1.29, 1.82) is 0 Å². The molecule has 10 nitrogen and oxygen atoms in total. The summed E-state index contributed by atoms with van der Waals surface area (Å²) in [5.41, 5.74) is -0.521. The number of aliphatic hydroxyl groups excluding tert-OH is 4. The molecule has 2 rings (SSSR count). The molecule has 10 heteroatoms. The Hall–Kier alpha value is -2.11. The van der Waals surface area contributed by atoms with Crippen molar-refractivity contribution >= 4 is 5.78 Å². The number of Topliss-reactive ketones (excluding diaryl/α,β-unsaturated/α-hetero) is 1. The minimum atomic E-state index is -1.78. The van der Waals surface area contributed by atoms with Crippen LogP contribution in [-0.4, -0.2) is 78.8 Å². The Balaban J connectivity index is 2.37. The third-order valence-electron chi connectivity index (χ3n) is 3.65. The number of hydrogen-bond donors (Lipinski definition) is 7. The maximum Gasteiger partial charge on any atom is 0.229 e. The van der Waals surface area contributed by atoms with Crippen LogP contribution in [0.5, 0.6) is 23.0 Å². The van der Waals surface area contributed by atoms with Crippen LogP contribution in [0.25, 0.3) is 0 Å². The molecule has 0 spiro atoms. The summed E-state index contributed by atoms with van der Waals surface area (Å²) >= 11 is 0. The van der Waals surface area contributed by atoms with Crippen molar-refractivity contribution in [2.45, 2.75) is 37.6 Å². The van der Waals surface area contributed by atoms with Gasteiger partial charge in [0.2, 0.25) is 12.0 Å². The number of carbonyl (C=O) groups excluding carboxylic acids is 1. The van der Waals surface area contributed by atoms with E-state index >= 15 is 0 Å². The highest BCUT2D eigenvalue weighted by Gasteiger charge is 2.45. The molecule has 0 amide bonds. The van der Waals surface area contributed by atoms with E-state index in [0.29, 0.717) is 0 Å². The molecule has 1 fully saturated rings. The molecule has 134 valence electrons. The lowest BCUT2D eigenvalue weighted by atomic mass is 9.99. The van der Waals surface area contributed by atoms with E-state index in [1.54, 1.807) is 0 Å². The van der Waals surface area contributed by atoms with E-state index in [-0.39, 0.29) is 0 Å². The van der Waals surface area contributed by atoms with E-state index < -0.39 is 71.7 Å². The van der Waals surface area contributed by atoms with E-state index in [9.17, 15) is 35.4 Å². The Morgan fingerprint density at radius 2 is 1.75 bits per heavy atom. The van der Waals surface area contributed by atoms with Gasteiger partial charge in [-0.3, -0.25) is 4.79 Å². The van der Waals surface area contributed by atoms with Crippen LogP contribution >= 0.6 is 0 Å². The molecular formula is C14H18O10. The largest absolute Gasteiger partial charge is 0.507 e. The number of ether oxygens (including phenoxy) is 2. The van der Waals surface area contributed by atoms with Crippen LogP contribution in [0.4, 0.5) is 0 Å². The fourth-order valence-electron chi connectivity index (χ4n) is 2.37. The number of aliphatic hydroxyl groups is 4. The van der Waals surface area contributed by atoms with Crippen LogP contribution in [0.15, 0.2) is 6.07 Å². The zero-order valence-electron chi connectivity index (χ0n) is 12.5. The lowest BCUT2D eigenvalue weighted by Gasteiger charge is -2.39. The van der Waals surface area contributed by atoms with Gasteiger partial charge in [-0.1, -0.05) is 0 Å². The maximum atomic E-state index is 11.5. The van der Waals surface area contributed by atoms with E-state index in [1.165, 1.54) is 0 Å². The second-order valence-electron chi connectivity index (χ2n) is 5.34. The van der Waals surface area contributed by atoms with Gasteiger partial charge in [-0.2, -0.15) is 0 Å². The zero-order valence-corrected chi connectivity index (χ0v) is 12.5. The van der Waals surface area contributed by atoms with Crippen molar-refractivity contribution in [3.8, 4) is 23.0 Å². The molecule has 1 aliphatic rings. The fourth-order valence-corrected chi connectivity index (χ4v) is 2.37. The van der Waals surface area contributed by atoms with Gasteiger partial charge in [0.05, 0.1) is 6.61 Å². The van der Waals surface area contributed by atoms with Crippen molar-refractivity contribution < 1.29 is 50.0 Å². The molecule has 1 aromatic carbocycles. The first kappa shape index (κ1) is 18.2. The van der Waals surface area contributed by atoms with Crippen molar-refractivity contribution in [3.05, 3.63) is 11.6 Å². The molecule has 0 aromatic heterocycles. The molecule has 1 aromatic rings. The maximum absolute atomic E-state index is 11.5. The number of ketones is 1. The van der Waals surface area contributed by atoms with Crippen molar-refractivity contribution in [3.63, 3.8) is 0 Å². The topological polar surface area (TPSA) is 177 Å². The second-order valence-corrected chi connectivity index (χ2v) is 5.34. The lowest BCUT2D eigenvalue weighted by molar-refractivity contribution is -0.277. The van der Waals surface area contributed by atoms with Gasteiger partial charge >= 0.3 is 0 Å². The summed E-state index contributed by atoms with van der Waals surface area (Å²) in [7, 11) is 0. The predicted molar refractivity (Wildman–Crippen MR) is 75.8 cm³/mol. The normalized spacial score (nSPS) is 30.1. The molecule has 1 aliphatic heterocycles. The van der Waals surface area contributed by atoms with Crippen LogP contribution in [0.2, 0.25) is 0 Å². The van der Waals surface area contributed by atoms with E-state index in [4.69, 9.17) is 14.6 Å². The van der Waals surface area contributed by atoms with Gasteiger partial charge < -0.3 is 45.2 Å². The minimum Gasteiger partial charge on any atom is -0.507 e. The third kappa shape index (κ3) is 3.09. The van der Waals surface area contributed by atoms with Crippen LogP contribution in [0.3, 0.4) is 0 Å². The van der Waals surface area contributed by atoms with Crippen LogP contribution in [0.1, 0.15) is 17.3 Å². The average molecular weight is 346 g/mol. The summed E-state index contributed by atoms with van der Waals surface area (Å²) < 4.78 is 10.2. The molecule has 7 N–H and O–H groups in total. The smallest absolute Gasteiger partial charge is 0.229 e. The van der Waals surface area contributed by atoms with Gasteiger partial charge in [-0.25, -0.2) is 0 Å². The molecule has 0 saturated carbocycles. The quantitative estimate of drug-likeness (QED) is 0.307. The summed E-state index contributed by atoms with van der Waals surface area (Å²) in [4.78, 5) is 11.5. The molecule has 0 radical (unpaired) electrons. The summed E-state index contributed by atoms with van der Waals surface area (Å²) in [5.74, 6) is -3.73. The molecule has 1 saturated heterocycles. The first-order chi connectivity index (χ1) is 11.2. The van der Waals surface area contributed by atoms with Crippen molar-refractivity contribution in [2.75, 3.05) is 6.61 Å². The van der Waals surface area contributed by atoms with Crippen molar-refractivity contribution in [1.82, 2.24) is 0 Å². The standard InChI is InChI=1S/C14H18O10/c1-4(16)8-5(17)2-6(18)13(10(8)20)24-14-12(22)11(21)9(19)7(3-15)23-14/h2,7,9,11-12,14-15,17-22H,3H2,1H3/t7-,9-,11+,12-,14-/m0/s1. The number of phenols is 3. The zero-order chi connectivity index (χ0) is 18.2. The Morgan fingerprint density at radius 1 is 1.12 bits per heavy atom. The van der Waals surface area contributed by atoms with Gasteiger partial charge in [0.25, 0.3) is 0 Å². The van der Waals surface area contributed by atoms with Gasteiger partial charge in [-0.05, 0) is 6.92 Å². The summed E-state index contributed by atoms with van der Waals surface area (Å²) in [5, 5.41) is 67.7. The van der Waals surface area contributed by atoms with Gasteiger partial charge in [0.1, 0.15) is 35.7 Å². The van der Waals surface area contributed by atoms with Crippen LogP contribution < -0.4 is 4.74 Å². The molecule has 0 unspecified atom stereocenters. The highest BCUT2D eigenvalue weighted by atomic mass is 16.7. The number of rotatable bonds is 4. The number of aromatic hydroxyl groups is 3. The first-order valence-corrected chi connectivity index (χ1v) is 6.95. The minimum absolute atomic E-state index is 0.521. The predicted octanol–water partition coefficient (Wildman–Crippen LogP) is -1.82. The van der Waals surface area contributed by atoms with Crippen LogP contribution in [-0.2, 0) is 4.74 Å². The SMILES string of the molecule is CC(=O)c1c(O)cc(O)c(O[C@@H]2O[C@@H](CO)[C@H](O)[C@@H](O)[C@@H]2O)c1O. The van der Waals surface area contributed by atoms with Crippen LogP contribution in [0, 0.1) is 0 Å². The van der Waals surface area contributed by atoms with E-state index in [1.807, 2.05) is 0 Å². The van der Waals surface area contributed by atoms with E-state index in [0.717, 1.165) is 13.0 Å². The first-order valence-electron chi connectivity index (χ1n) is 6.95. The Morgan fingerprint density at radius 3 is 2.29 bits per heavy atom. The van der Waals surface area contributed by atoms with Gasteiger partial charge in [0.15, 0.2) is 17.3 Å². The molecular weight excluding hydrogens is 328 g/mol. The molecule has 24 heavy (non-hydrogen) atoms. The average Bonchev–Trinajstić information content (AvgIpc) is 2.50. The summed E-state index contributed by atoms with van der Waals surface area (Å²) in [6.45, 7) is 0.362. The van der Waals surface area contributed by atoms with Gasteiger partial charge in [0, 0.05) is 6.07 Å². The summed E-state index contributed by atoms with van der Waals surface area (Å²) in [6, 6.07) is 0.746. The summed E-state index contributed by atoms with van der Waals surface area (Å²) in [6.07, 6.45) is -8.06.